The molecule has 0 aliphatic carbocycles. The minimum Gasteiger partial charge on any atom is -0.395 e. The van der Waals surface area contributed by atoms with Crippen molar-refractivity contribution in [2.75, 3.05) is 24.6 Å². The first-order valence-electron chi connectivity index (χ1n) is 9.19. The maximum absolute atomic E-state index is 12.2. The molecule has 1 aliphatic heterocycles. The van der Waals surface area contributed by atoms with Gasteiger partial charge in [-0.25, -0.2) is 0 Å². The summed E-state index contributed by atoms with van der Waals surface area (Å²) in [5.74, 6) is -0.0963. The first-order valence-corrected chi connectivity index (χ1v) is 9.19. The van der Waals surface area contributed by atoms with E-state index in [4.69, 9.17) is 0 Å². The quantitative estimate of drug-likeness (QED) is 0.786. The van der Waals surface area contributed by atoms with Crippen molar-refractivity contribution in [1.82, 2.24) is 5.32 Å². The van der Waals surface area contributed by atoms with Gasteiger partial charge in [0.05, 0.1) is 12.6 Å². The smallest absolute Gasteiger partial charge is 0.244 e. The Balaban J connectivity index is 1.65. The number of aliphatic hydroxyl groups is 1. The number of carbonyl (C=O) groups is 1. The van der Waals surface area contributed by atoms with E-state index in [2.05, 4.69) is 28.4 Å². The van der Waals surface area contributed by atoms with Gasteiger partial charge in [-0.05, 0) is 48.6 Å². The molecule has 3 rings (SSSR count). The van der Waals surface area contributed by atoms with E-state index in [1.807, 2.05) is 43.3 Å². The molecule has 4 heteroatoms. The molecule has 26 heavy (non-hydrogen) atoms. The van der Waals surface area contributed by atoms with Crippen LogP contribution in [0.3, 0.4) is 0 Å². The number of hydrogen-bond acceptors (Lipinski definition) is 3. The number of aliphatic hydroxyl groups excluding tert-OH is 1. The predicted octanol–water partition coefficient (Wildman–Crippen LogP) is 3.32. The molecule has 1 aliphatic rings. The molecule has 0 radical (unpaired) electrons. The van der Waals surface area contributed by atoms with Gasteiger partial charge in [-0.15, -0.1) is 0 Å². The lowest BCUT2D eigenvalue weighted by atomic mass is 9.97. The summed E-state index contributed by atoms with van der Waals surface area (Å²) in [6.07, 6.45) is 5.53. The third-order valence-corrected chi connectivity index (χ3v) is 4.77. The SMILES string of the molecule is CC(NC(=O)/C=C/c1ccccc1)c1ccc2c(c1)CCCN2CCO. The minimum atomic E-state index is -0.0963. The minimum absolute atomic E-state index is 0.0542. The monoisotopic (exact) mass is 350 g/mol. The molecule has 0 aromatic heterocycles. The normalized spacial score (nSPS) is 14.9. The van der Waals surface area contributed by atoms with Crippen molar-refractivity contribution in [3.8, 4) is 0 Å². The maximum Gasteiger partial charge on any atom is 0.244 e. The molecule has 0 saturated carbocycles. The van der Waals surface area contributed by atoms with Gasteiger partial charge in [-0.3, -0.25) is 4.79 Å². The Morgan fingerprint density at radius 2 is 2.08 bits per heavy atom. The van der Waals surface area contributed by atoms with E-state index < -0.39 is 0 Å². The van der Waals surface area contributed by atoms with Crippen LogP contribution >= 0.6 is 0 Å². The molecule has 0 fully saturated rings. The van der Waals surface area contributed by atoms with Gasteiger partial charge in [-0.2, -0.15) is 0 Å². The Labute approximate surface area is 155 Å². The Bertz CT molecular complexity index is 771. The zero-order valence-corrected chi connectivity index (χ0v) is 15.2. The number of anilines is 1. The van der Waals surface area contributed by atoms with Crippen LogP contribution in [0, 0.1) is 0 Å². The Morgan fingerprint density at radius 1 is 1.27 bits per heavy atom. The van der Waals surface area contributed by atoms with Crippen LogP contribution in [0.1, 0.15) is 36.1 Å². The van der Waals surface area contributed by atoms with Crippen molar-refractivity contribution < 1.29 is 9.90 Å². The summed E-state index contributed by atoms with van der Waals surface area (Å²) in [6, 6.07) is 16.1. The van der Waals surface area contributed by atoms with Gasteiger partial charge in [0.2, 0.25) is 5.91 Å². The predicted molar refractivity (Wildman–Crippen MR) is 106 cm³/mol. The lowest BCUT2D eigenvalue weighted by Crippen LogP contribution is -2.32. The van der Waals surface area contributed by atoms with Crippen LogP contribution in [-0.4, -0.2) is 30.7 Å². The molecule has 2 aromatic carbocycles. The van der Waals surface area contributed by atoms with Gasteiger partial charge in [-0.1, -0.05) is 42.5 Å². The molecular weight excluding hydrogens is 324 g/mol. The van der Waals surface area contributed by atoms with Gasteiger partial charge in [0.1, 0.15) is 0 Å². The van der Waals surface area contributed by atoms with Crippen LogP contribution in [0.25, 0.3) is 6.08 Å². The van der Waals surface area contributed by atoms with Crippen molar-refractivity contribution >= 4 is 17.7 Å². The largest absolute Gasteiger partial charge is 0.395 e. The molecule has 1 atom stereocenters. The first kappa shape index (κ1) is 18.2. The molecule has 0 spiro atoms. The van der Waals surface area contributed by atoms with Crippen molar-refractivity contribution in [3.63, 3.8) is 0 Å². The van der Waals surface area contributed by atoms with E-state index >= 15 is 0 Å². The number of amides is 1. The van der Waals surface area contributed by atoms with Crippen LogP contribution in [-0.2, 0) is 11.2 Å². The molecule has 2 aromatic rings. The topological polar surface area (TPSA) is 52.6 Å². The Hall–Kier alpha value is -2.59. The van der Waals surface area contributed by atoms with E-state index in [0.29, 0.717) is 6.54 Å². The maximum atomic E-state index is 12.2. The Morgan fingerprint density at radius 3 is 2.85 bits per heavy atom. The van der Waals surface area contributed by atoms with Crippen molar-refractivity contribution in [2.24, 2.45) is 0 Å². The van der Waals surface area contributed by atoms with Crippen LogP contribution < -0.4 is 10.2 Å². The summed E-state index contributed by atoms with van der Waals surface area (Å²) in [6.45, 7) is 3.83. The molecule has 4 nitrogen and oxygen atoms in total. The zero-order valence-electron chi connectivity index (χ0n) is 15.2. The van der Waals surface area contributed by atoms with Crippen molar-refractivity contribution in [3.05, 3.63) is 71.3 Å². The van der Waals surface area contributed by atoms with Crippen LogP contribution in [0.4, 0.5) is 5.69 Å². The summed E-state index contributed by atoms with van der Waals surface area (Å²) in [5.41, 5.74) is 4.61. The number of fused-ring (bicyclic) bond motifs is 1. The number of carbonyl (C=O) groups excluding carboxylic acids is 1. The molecule has 2 N–H and O–H groups in total. The first-order chi connectivity index (χ1) is 12.7. The molecule has 1 amide bonds. The standard InChI is InChI=1S/C22H26N2O2/c1-17(23-22(26)12-9-18-6-3-2-4-7-18)19-10-11-21-20(16-19)8-5-13-24(21)14-15-25/h2-4,6-7,9-12,16-17,25H,5,8,13-15H2,1H3,(H,23,26)/b12-9+. The van der Waals surface area contributed by atoms with E-state index in [0.717, 1.165) is 30.5 Å². The highest BCUT2D eigenvalue weighted by Crippen LogP contribution is 2.29. The number of β-amino-alcohol motifs (C(OH)–C–C–N with tert-alkyl or cyclic N) is 1. The van der Waals surface area contributed by atoms with E-state index in [9.17, 15) is 9.90 Å². The summed E-state index contributed by atoms with van der Waals surface area (Å²) in [4.78, 5) is 14.4. The Kier molecular flexibility index (Phi) is 6.08. The number of benzene rings is 2. The van der Waals surface area contributed by atoms with Gasteiger partial charge in [0.15, 0.2) is 0 Å². The fraction of sp³-hybridized carbons (Fsp3) is 0.318. The van der Waals surface area contributed by atoms with E-state index in [-0.39, 0.29) is 18.6 Å². The lowest BCUT2D eigenvalue weighted by molar-refractivity contribution is -0.117. The summed E-state index contributed by atoms with van der Waals surface area (Å²) < 4.78 is 0. The second-order valence-corrected chi connectivity index (χ2v) is 6.68. The van der Waals surface area contributed by atoms with E-state index in [1.165, 1.54) is 11.3 Å². The number of aryl methyl sites for hydroxylation is 1. The third kappa shape index (κ3) is 4.52. The number of nitrogens with one attached hydrogen (secondary N) is 1. The molecule has 1 heterocycles. The third-order valence-electron chi connectivity index (χ3n) is 4.77. The molecule has 0 saturated heterocycles. The van der Waals surface area contributed by atoms with Crippen molar-refractivity contribution in [2.45, 2.75) is 25.8 Å². The lowest BCUT2D eigenvalue weighted by Gasteiger charge is -2.31. The fourth-order valence-corrected chi connectivity index (χ4v) is 3.40. The van der Waals surface area contributed by atoms with Crippen LogP contribution in [0.5, 0.6) is 0 Å². The number of hydrogen-bond donors (Lipinski definition) is 2. The second-order valence-electron chi connectivity index (χ2n) is 6.68. The van der Waals surface area contributed by atoms with Crippen molar-refractivity contribution in [1.29, 1.82) is 0 Å². The summed E-state index contributed by atoms with van der Waals surface area (Å²) >= 11 is 0. The fourth-order valence-electron chi connectivity index (χ4n) is 3.40. The zero-order chi connectivity index (χ0) is 18.4. The van der Waals surface area contributed by atoms with E-state index in [1.54, 1.807) is 6.08 Å². The average molecular weight is 350 g/mol. The second kappa shape index (κ2) is 8.68. The molecular formula is C22H26N2O2. The van der Waals surface area contributed by atoms with Crippen LogP contribution in [0.2, 0.25) is 0 Å². The highest BCUT2D eigenvalue weighted by atomic mass is 16.3. The number of nitrogens with zero attached hydrogens (tertiary/aromatic N) is 1. The van der Waals surface area contributed by atoms with Gasteiger partial charge < -0.3 is 15.3 Å². The molecule has 1 unspecified atom stereocenters. The highest BCUT2D eigenvalue weighted by molar-refractivity contribution is 5.92. The average Bonchev–Trinajstić information content (AvgIpc) is 2.67. The van der Waals surface area contributed by atoms with Crippen LogP contribution in [0.15, 0.2) is 54.6 Å². The summed E-state index contributed by atoms with van der Waals surface area (Å²) in [7, 11) is 0. The van der Waals surface area contributed by atoms with Gasteiger partial charge in [0.25, 0.3) is 0 Å². The highest BCUT2D eigenvalue weighted by Gasteiger charge is 2.18. The molecule has 136 valence electrons. The summed E-state index contributed by atoms with van der Waals surface area (Å²) in [5, 5.41) is 12.3. The molecule has 0 bridgehead atoms. The van der Waals surface area contributed by atoms with Gasteiger partial charge >= 0.3 is 0 Å². The number of rotatable bonds is 6. The van der Waals surface area contributed by atoms with Gasteiger partial charge in [0, 0.05) is 24.9 Å².